The van der Waals surface area contributed by atoms with Crippen molar-refractivity contribution in [2.45, 2.75) is 39.5 Å². The van der Waals surface area contributed by atoms with E-state index >= 15 is 0 Å². The molecule has 0 fully saturated rings. The van der Waals surface area contributed by atoms with Gasteiger partial charge in [0.05, 0.1) is 14.7 Å². The standard InChI is InChI=1S/C23H23I2NO5/c1-3-5-6-18-20(14-9-12(26)7-8-17(14)31-18)22(29)15-10-16(24)13(4-2)21(25)23(15)30-11-19(27)28/h7-10H,3-6,11,26H2,1-2H3,(H,27,28). The fourth-order valence-corrected chi connectivity index (χ4v) is 6.07. The Morgan fingerprint density at radius 1 is 1.19 bits per heavy atom. The molecule has 0 aliphatic rings. The molecule has 0 radical (unpaired) electrons. The van der Waals surface area contributed by atoms with Crippen LogP contribution in [0.3, 0.4) is 0 Å². The maximum Gasteiger partial charge on any atom is 0.341 e. The van der Waals surface area contributed by atoms with Crippen molar-refractivity contribution in [2.75, 3.05) is 12.3 Å². The van der Waals surface area contributed by atoms with Gasteiger partial charge in [-0.25, -0.2) is 4.79 Å². The fraction of sp³-hybridized carbons (Fsp3) is 0.304. The molecule has 0 aliphatic heterocycles. The van der Waals surface area contributed by atoms with Gasteiger partial charge in [0.25, 0.3) is 0 Å². The third-order valence-electron chi connectivity index (χ3n) is 4.98. The van der Waals surface area contributed by atoms with E-state index in [-0.39, 0.29) is 5.78 Å². The molecule has 8 heteroatoms. The van der Waals surface area contributed by atoms with Crippen LogP contribution in [-0.4, -0.2) is 23.5 Å². The van der Waals surface area contributed by atoms with Crippen molar-refractivity contribution in [2.24, 2.45) is 0 Å². The zero-order chi connectivity index (χ0) is 22.7. The number of hydrogen-bond donors (Lipinski definition) is 2. The Hall–Kier alpha value is -1.82. The van der Waals surface area contributed by atoms with Crippen molar-refractivity contribution in [1.82, 2.24) is 0 Å². The Kier molecular flexibility index (Phi) is 7.84. The summed E-state index contributed by atoms with van der Waals surface area (Å²) in [5.74, 6) is -0.448. The van der Waals surface area contributed by atoms with Crippen LogP contribution in [0.5, 0.6) is 5.75 Å². The number of ether oxygens (including phenoxy) is 1. The number of aliphatic carboxylic acids is 1. The number of carboxylic acid groups (broad SMARTS) is 1. The number of hydrogen-bond acceptors (Lipinski definition) is 5. The summed E-state index contributed by atoms with van der Waals surface area (Å²) in [6.45, 7) is 3.56. The molecule has 3 N–H and O–H groups in total. The molecule has 3 aromatic rings. The van der Waals surface area contributed by atoms with Gasteiger partial charge in [-0.1, -0.05) is 20.3 Å². The molecule has 0 saturated carbocycles. The van der Waals surface area contributed by atoms with Crippen LogP contribution >= 0.6 is 45.2 Å². The van der Waals surface area contributed by atoms with Crippen molar-refractivity contribution < 1.29 is 23.8 Å². The first-order valence-corrected chi connectivity index (χ1v) is 12.1. The van der Waals surface area contributed by atoms with Crippen LogP contribution in [0.25, 0.3) is 11.0 Å². The van der Waals surface area contributed by atoms with Crippen LogP contribution < -0.4 is 10.5 Å². The second-order valence-electron chi connectivity index (χ2n) is 7.15. The highest BCUT2D eigenvalue weighted by molar-refractivity contribution is 14.1. The van der Waals surface area contributed by atoms with Gasteiger partial charge in [0.1, 0.15) is 17.1 Å². The molecule has 3 rings (SSSR count). The highest BCUT2D eigenvalue weighted by Gasteiger charge is 2.27. The summed E-state index contributed by atoms with van der Waals surface area (Å²) in [5.41, 5.74) is 8.95. The third kappa shape index (κ3) is 5.00. The number of nitrogen functional groups attached to an aromatic ring is 1. The summed E-state index contributed by atoms with van der Waals surface area (Å²) in [6, 6.07) is 7.03. The Morgan fingerprint density at radius 3 is 2.58 bits per heavy atom. The molecule has 1 heterocycles. The minimum atomic E-state index is -1.10. The highest BCUT2D eigenvalue weighted by Crippen LogP contribution is 2.37. The number of anilines is 1. The molecular weight excluding hydrogens is 624 g/mol. The molecule has 0 amide bonds. The van der Waals surface area contributed by atoms with E-state index in [2.05, 4.69) is 52.1 Å². The van der Waals surface area contributed by atoms with Crippen molar-refractivity contribution in [3.63, 3.8) is 0 Å². The minimum absolute atomic E-state index is 0.255. The number of benzene rings is 2. The molecule has 31 heavy (non-hydrogen) atoms. The van der Waals surface area contributed by atoms with Crippen LogP contribution in [0, 0.1) is 7.14 Å². The first-order chi connectivity index (χ1) is 14.8. The number of nitrogens with two attached hydrogens (primary N) is 1. The average molecular weight is 647 g/mol. The quantitative estimate of drug-likeness (QED) is 0.173. The Balaban J connectivity index is 2.23. The van der Waals surface area contributed by atoms with E-state index in [4.69, 9.17) is 20.0 Å². The number of ketones is 1. The lowest BCUT2D eigenvalue weighted by Gasteiger charge is -2.16. The zero-order valence-corrected chi connectivity index (χ0v) is 21.6. The molecule has 6 nitrogen and oxygen atoms in total. The predicted molar refractivity (Wildman–Crippen MR) is 137 cm³/mol. The van der Waals surface area contributed by atoms with Crippen LogP contribution in [-0.2, 0) is 17.6 Å². The van der Waals surface area contributed by atoms with Gasteiger partial charge < -0.3 is 20.0 Å². The molecule has 164 valence electrons. The summed E-state index contributed by atoms with van der Waals surface area (Å²) in [4.78, 5) is 25.0. The maximum absolute atomic E-state index is 13.9. The molecule has 0 spiro atoms. The van der Waals surface area contributed by atoms with Gasteiger partial charge in [-0.3, -0.25) is 4.79 Å². The largest absolute Gasteiger partial charge is 0.480 e. The first-order valence-electron chi connectivity index (χ1n) is 9.99. The van der Waals surface area contributed by atoms with Crippen molar-refractivity contribution in [1.29, 1.82) is 0 Å². The summed E-state index contributed by atoms with van der Waals surface area (Å²) in [7, 11) is 0. The van der Waals surface area contributed by atoms with Gasteiger partial charge in [-0.2, -0.15) is 0 Å². The first kappa shape index (κ1) is 23.8. The number of fused-ring (bicyclic) bond motifs is 1. The van der Waals surface area contributed by atoms with Gasteiger partial charge in [-0.05, 0) is 87.9 Å². The predicted octanol–water partition coefficient (Wildman–Crippen LogP) is 5.82. The van der Waals surface area contributed by atoms with Crippen LogP contribution in [0.15, 0.2) is 28.7 Å². The number of furan rings is 1. The second kappa shape index (κ2) is 10.2. The molecule has 1 aromatic heterocycles. The molecule has 0 atom stereocenters. The summed E-state index contributed by atoms with van der Waals surface area (Å²) >= 11 is 4.33. The maximum atomic E-state index is 13.9. The molecule has 0 aliphatic carbocycles. The van der Waals surface area contributed by atoms with E-state index < -0.39 is 12.6 Å². The number of aryl methyl sites for hydroxylation is 1. The number of carboxylic acids is 1. The molecule has 0 bridgehead atoms. The van der Waals surface area contributed by atoms with Gasteiger partial charge in [0.15, 0.2) is 6.61 Å². The lowest BCUT2D eigenvalue weighted by molar-refractivity contribution is -0.139. The number of carbonyl (C=O) groups excluding carboxylic acids is 1. The second-order valence-corrected chi connectivity index (χ2v) is 9.39. The number of carbonyl (C=O) groups is 2. The summed E-state index contributed by atoms with van der Waals surface area (Å²) in [5, 5.41) is 9.79. The average Bonchev–Trinajstić information content (AvgIpc) is 3.08. The minimum Gasteiger partial charge on any atom is -0.480 e. The van der Waals surface area contributed by atoms with E-state index in [1.165, 1.54) is 0 Å². The third-order valence-corrected chi connectivity index (χ3v) is 7.08. The number of halogens is 2. The Bertz CT molecular complexity index is 1150. The molecule has 2 aromatic carbocycles. The van der Waals surface area contributed by atoms with E-state index in [0.29, 0.717) is 45.7 Å². The SMILES string of the molecule is CCCCc1oc2ccc(N)cc2c1C(=O)c1cc(I)c(CC)c(I)c1OCC(=O)O. The van der Waals surface area contributed by atoms with E-state index in [0.717, 1.165) is 32.0 Å². The fourth-order valence-electron chi connectivity index (χ4n) is 3.47. The van der Waals surface area contributed by atoms with Gasteiger partial charge in [0, 0.05) is 21.1 Å². The van der Waals surface area contributed by atoms with Gasteiger partial charge in [-0.15, -0.1) is 0 Å². The topological polar surface area (TPSA) is 103 Å². The summed E-state index contributed by atoms with van der Waals surface area (Å²) in [6.07, 6.45) is 3.20. The van der Waals surface area contributed by atoms with Gasteiger partial charge >= 0.3 is 5.97 Å². The molecular formula is C23H23I2NO5. The van der Waals surface area contributed by atoms with Crippen molar-refractivity contribution in [3.05, 3.63) is 53.9 Å². The lowest BCUT2D eigenvalue weighted by atomic mass is 9.96. The molecule has 0 unspecified atom stereocenters. The van der Waals surface area contributed by atoms with Crippen LogP contribution in [0.1, 0.15) is 53.9 Å². The smallest absolute Gasteiger partial charge is 0.341 e. The van der Waals surface area contributed by atoms with Crippen LogP contribution in [0.2, 0.25) is 0 Å². The monoisotopic (exact) mass is 647 g/mol. The Labute approximate surface area is 207 Å². The van der Waals surface area contributed by atoms with E-state index in [1.807, 2.05) is 6.92 Å². The van der Waals surface area contributed by atoms with E-state index in [9.17, 15) is 9.59 Å². The normalized spacial score (nSPS) is 11.1. The van der Waals surface area contributed by atoms with Crippen molar-refractivity contribution in [3.8, 4) is 5.75 Å². The lowest BCUT2D eigenvalue weighted by Crippen LogP contribution is -2.15. The zero-order valence-electron chi connectivity index (χ0n) is 17.3. The van der Waals surface area contributed by atoms with Crippen LogP contribution in [0.4, 0.5) is 5.69 Å². The van der Waals surface area contributed by atoms with E-state index in [1.54, 1.807) is 24.3 Å². The molecule has 0 saturated heterocycles. The number of unbranched alkanes of at least 4 members (excludes halogenated alkanes) is 1. The highest BCUT2D eigenvalue weighted by atomic mass is 127. The van der Waals surface area contributed by atoms with Gasteiger partial charge in [0.2, 0.25) is 5.78 Å². The number of rotatable bonds is 9. The Morgan fingerprint density at radius 2 is 1.94 bits per heavy atom. The summed E-state index contributed by atoms with van der Waals surface area (Å²) < 4.78 is 13.3. The van der Waals surface area contributed by atoms with Crippen molar-refractivity contribution >= 4 is 73.6 Å².